The van der Waals surface area contributed by atoms with Crippen molar-refractivity contribution < 1.29 is 17.9 Å². The number of rotatable bonds is 3. The van der Waals surface area contributed by atoms with Gasteiger partial charge in [0.25, 0.3) is 0 Å². The lowest BCUT2D eigenvalue weighted by atomic mass is 10.3. The summed E-state index contributed by atoms with van der Waals surface area (Å²) in [6.07, 6.45) is -4.69. The van der Waals surface area contributed by atoms with Crippen LogP contribution in [0.3, 0.4) is 0 Å². The van der Waals surface area contributed by atoms with Crippen molar-refractivity contribution in [3.8, 4) is 5.75 Å². The number of hydrogen-bond donors (Lipinski definition) is 1. The Morgan fingerprint density at radius 3 is 2.43 bits per heavy atom. The van der Waals surface area contributed by atoms with E-state index in [2.05, 4.69) is 25.7 Å². The highest BCUT2D eigenvalue weighted by Gasteiger charge is 2.30. The van der Waals surface area contributed by atoms with Crippen LogP contribution in [0.15, 0.2) is 44.7 Å². The number of nitrogen functional groups attached to an aromatic ring is 1. The number of nitrogens with two attached hydrogens (primary N) is 1. The molecule has 8 heteroatoms. The molecule has 0 aliphatic heterocycles. The maximum atomic E-state index is 12.1. The molecular formula is C13H10BrF3N2OS. The summed E-state index contributed by atoms with van der Waals surface area (Å²) in [5, 5.41) is 0. The molecule has 0 spiro atoms. The normalized spacial score (nSPS) is 11.5. The van der Waals surface area contributed by atoms with Crippen molar-refractivity contribution in [1.29, 1.82) is 0 Å². The van der Waals surface area contributed by atoms with Crippen molar-refractivity contribution in [2.75, 3.05) is 5.73 Å². The largest absolute Gasteiger partial charge is 0.573 e. The van der Waals surface area contributed by atoms with Gasteiger partial charge in [-0.1, -0.05) is 11.8 Å². The summed E-state index contributed by atoms with van der Waals surface area (Å²) >= 11 is 4.67. The molecular weight excluding hydrogens is 369 g/mol. The van der Waals surface area contributed by atoms with Crippen LogP contribution in [0.1, 0.15) is 5.69 Å². The summed E-state index contributed by atoms with van der Waals surface area (Å²) < 4.78 is 40.7. The summed E-state index contributed by atoms with van der Waals surface area (Å²) in [6, 6.07) is 7.35. The van der Waals surface area contributed by atoms with Crippen LogP contribution in [-0.2, 0) is 0 Å². The Kier molecular flexibility index (Phi) is 4.67. The Balaban J connectivity index is 2.16. The van der Waals surface area contributed by atoms with Crippen molar-refractivity contribution >= 4 is 33.4 Å². The smallest absolute Gasteiger partial charge is 0.406 e. The second-order valence-corrected chi connectivity index (χ2v) is 5.94. The standard InChI is InChI=1S/C13H10BrF3N2OS/c1-7-10(18)6-11(12(14)19-7)21-9-4-2-8(3-5-9)20-13(15,16)17/h2-6H,18H2,1H3. The van der Waals surface area contributed by atoms with Crippen molar-refractivity contribution in [2.24, 2.45) is 0 Å². The Bertz CT molecular complexity index is 647. The lowest BCUT2D eigenvalue weighted by Crippen LogP contribution is -2.16. The van der Waals surface area contributed by atoms with Crippen LogP contribution in [0, 0.1) is 6.92 Å². The van der Waals surface area contributed by atoms with E-state index in [1.165, 1.54) is 36.0 Å². The quantitative estimate of drug-likeness (QED) is 0.780. The molecule has 0 aliphatic carbocycles. The fourth-order valence-corrected chi connectivity index (χ4v) is 2.95. The molecule has 0 unspecified atom stereocenters. The van der Waals surface area contributed by atoms with Gasteiger partial charge in [-0.15, -0.1) is 13.2 Å². The first-order valence-electron chi connectivity index (χ1n) is 5.71. The summed E-state index contributed by atoms with van der Waals surface area (Å²) in [6.45, 7) is 1.79. The number of hydrogen-bond acceptors (Lipinski definition) is 4. The molecule has 2 rings (SSSR count). The summed E-state index contributed by atoms with van der Waals surface area (Å²) in [7, 11) is 0. The fourth-order valence-electron chi connectivity index (χ4n) is 1.48. The van der Waals surface area contributed by atoms with Gasteiger partial charge in [0.05, 0.1) is 11.4 Å². The average molecular weight is 379 g/mol. The van der Waals surface area contributed by atoms with Crippen molar-refractivity contribution in [3.63, 3.8) is 0 Å². The van der Waals surface area contributed by atoms with Crippen molar-refractivity contribution in [2.45, 2.75) is 23.1 Å². The molecule has 0 aliphatic rings. The van der Waals surface area contributed by atoms with Gasteiger partial charge in [-0.2, -0.15) is 0 Å². The molecule has 1 aromatic carbocycles. The zero-order chi connectivity index (χ0) is 15.6. The van der Waals surface area contributed by atoms with Gasteiger partial charge in [-0.25, -0.2) is 4.98 Å². The van der Waals surface area contributed by atoms with Crippen LogP contribution in [0.5, 0.6) is 5.75 Å². The highest BCUT2D eigenvalue weighted by Crippen LogP contribution is 2.35. The van der Waals surface area contributed by atoms with Gasteiger partial charge in [0.2, 0.25) is 0 Å². The number of halogens is 4. The van der Waals surface area contributed by atoms with E-state index in [-0.39, 0.29) is 5.75 Å². The second kappa shape index (κ2) is 6.15. The SMILES string of the molecule is Cc1nc(Br)c(Sc2ccc(OC(F)(F)F)cc2)cc1N. The highest BCUT2D eigenvalue weighted by molar-refractivity contribution is 9.10. The minimum Gasteiger partial charge on any atom is -0.406 e. The molecule has 0 atom stereocenters. The van der Waals surface area contributed by atoms with Gasteiger partial charge in [0.1, 0.15) is 10.4 Å². The van der Waals surface area contributed by atoms with Crippen LogP contribution in [-0.4, -0.2) is 11.3 Å². The molecule has 0 saturated carbocycles. The minimum atomic E-state index is -4.69. The number of pyridine rings is 1. The first kappa shape index (κ1) is 16.0. The number of aryl methyl sites for hydroxylation is 1. The topological polar surface area (TPSA) is 48.1 Å². The van der Waals surface area contributed by atoms with Gasteiger partial charge >= 0.3 is 6.36 Å². The molecule has 0 saturated heterocycles. The third-order valence-corrected chi connectivity index (χ3v) is 4.36. The molecule has 21 heavy (non-hydrogen) atoms. The summed E-state index contributed by atoms with van der Waals surface area (Å²) in [5.74, 6) is -0.257. The molecule has 0 fully saturated rings. The molecule has 2 N–H and O–H groups in total. The third kappa shape index (κ3) is 4.53. The first-order chi connectivity index (χ1) is 9.74. The van der Waals surface area contributed by atoms with E-state index >= 15 is 0 Å². The van der Waals surface area contributed by atoms with Gasteiger partial charge in [0.15, 0.2) is 0 Å². The predicted molar refractivity (Wildman–Crippen MR) is 78.3 cm³/mol. The Morgan fingerprint density at radius 2 is 1.86 bits per heavy atom. The minimum absolute atomic E-state index is 0.257. The number of aromatic nitrogens is 1. The van der Waals surface area contributed by atoms with E-state index in [0.717, 1.165) is 9.79 Å². The number of anilines is 1. The van der Waals surface area contributed by atoms with E-state index in [9.17, 15) is 13.2 Å². The summed E-state index contributed by atoms with van der Waals surface area (Å²) in [4.78, 5) is 5.76. The highest BCUT2D eigenvalue weighted by atomic mass is 79.9. The van der Waals surface area contributed by atoms with E-state index in [4.69, 9.17) is 5.73 Å². The first-order valence-corrected chi connectivity index (χ1v) is 7.32. The van der Waals surface area contributed by atoms with Gasteiger partial charge in [0, 0.05) is 9.79 Å². The van der Waals surface area contributed by atoms with Gasteiger partial charge in [-0.05, 0) is 53.2 Å². The zero-order valence-corrected chi connectivity index (χ0v) is 13.1. The average Bonchev–Trinajstić information content (AvgIpc) is 2.36. The molecule has 1 aromatic heterocycles. The van der Waals surface area contributed by atoms with Crippen LogP contribution >= 0.6 is 27.7 Å². The number of alkyl halides is 3. The maximum Gasteiger partial charge on any atom is 0.573 e. The van der Waals surface area contributed by atoms with E-state index < -0.39 is 6.36 Å². The second-order valence-electron chi connectivity index (χ2n) is 4.07. The lowest BCUT2D eigenvalue weighted by Gasteiger charge is -2.10. The van der Waals surface area contributed by atoms with Gasteiger partial charge < -0.3 is 10.5 Å². The Labute approximate surface area is 131 Å². The Morgan fingerprint density at radius 1 is 1.24 bits per heavy atom. The zero-order valence-electron chi connectivity index (χ0n) is 10.7. The molecule has 3 nitrogen and oxygen atoms in total. The van der Waals surface area contributed by atoms with E-state index in [1.54, 1.807) is 13.0 Å². The van der Waals surface area contributed by atoms with Crippen LogP contribution in [0.2, 0.25) is 0 Å². The van der Waals surface area contributed by atoms with Crippen LogP contribution < -0.4 is 10.5 Å². The third-order valence-electron chi connectivity index (χ3n) is 2.46. The molecule has 0 bridgehead atoms. The van der Waals surface area contributed by atoms with E-state index in [1.807, 2.05) is 0 Å². The molecule has 112 valence electrons. The maximum absolute atomic E-state index is 12.1. The molecule has 0 amide bonds. The van der Waals surface area contributed by atoms with Crippen molar-refractivity contribution in [3.05, 3.63) is 40.6 Å². The van der Waals surface area contributed by atoms with E-state index in [0.29, 0.717) is 16.0 Å². The van der Waals surface area contributed by atoms with Crippen LogP contribution in [0.25, 0.3) is 0 Å². The molecule has 1 heterocycles. The number of ether oxygens (including phenoxy) is 1. The Hall–Kier alpha value is -1.41. The summed E-state index contributed by atoms with van der Waals surface area (Å²) in [5.41, 5.74) is 7.06. The number of benzene rings is 1. The monoisotopic (exact) mass is 378 g/mol. The molecule has 0 radical (unpaired) electrons. The fraction of sp³-hybridized carbons (Fsp3) is 0.154. The molecule has 2 aromatic rings. The van der Waals surface area contributed by atoms with Crippen LogP contribution in [0.4, 0.5) is 18.9 Å². The van der Waals surface area contributed by atoms with Gasteiger partial charge in [-0.3, -0.25) is 0 Å². The lowest BCUT2D eigenvalue weighted by molar-refractivity contribution is -0.274. The predicted octanol–water partition coefficient (Wildman–Crippen LogP) is 4.78. The van der Waals surface area contributed by atoms with Crippen molar-refractivity contribution in [1.82, 2.24) is 4.98 Å². The number of nitrogens with zero attached hydrogens (tertiary/aromatic N) is 1.